The predicted octanol–water partition coefficient (Wildman–Crippen LogP) is 4.74. The first-order valence-corrected chi connectivity index (χ1v) is 10.4. The van der Waals surface area contributed by atoms with Gasteiger partial charge < -0.3 is 15.0 Å². The van der Waals surface area contributed by atoms with E-state index in [-0.39, 0.29) is 18.0 Å². The standard InChI is InChI=1S/C24H30N2O3/c1-18(2)17-22(25-23(27)20-9-5-3-6-10-20)19-13-15-26(16-14-19)24(28)29-21-11-7-4-8-12-21/h3-12,18-19,22H,13-17H2,1-2H3,(H,25,27)/t22-/m1/s1. The highest BCUT2D eigenvalue weighted by atomic mass is 16.6. The Morgan fingerprint density at radius 2 is 1.59 bits per heavy atom. The van der Waals surface area contributed by atoms with E-state index >= 15 is 0 Å². The molecule has 1 heterocycles. The Morgan fingerprint density at radius 1 is 1.00 bits per heavy atom. The number of benzene rings is 2. The number of carbonyl (C=O) groups excluding carboxylic acids is 2. The zero-order valence-electron chi connectivity index (χ0n) is 17.2. The van der Waals surface area contributed by atoms with Crippen molar-refractivity contribution < 1.29 is 14.3 Å². The van der Waals surface area contributed by atoms with E-state index in [1.54, 1.807) is 17.0 Å². The van der Waals surface area contributed by atoms with Gasteiger partial charge >= 0.3 is 6.09 Å². The van der Waals surface area contributed by atoms with Gasteiger partial charge in [-0.15, -0.1) is 0 Å². The summed E-state index contributed by atoms with van der Waals surface area (Å²) >= 11 is 0. The maximum Gasteiger partial charge on any atom is 0.415 e. The molecule has 1 N–H and O–H groups in total. The first kappa shape index (κ1) is 20.9. The molecule has 1 fully saturated rings. The van der Waals surface area contributed by atoms with Gasteiger partial charge in [-0.2, -0.15) is 0 Å². The quantitative estimate of drug-likeness (QED) is 0.770. The molecule has 0 radical (unpaired) electrons. The molecule has 1 aliphatic heterocycles. The zero-order chi connectivity index (χ0) is 20.6. The minimum Gasteiger partial charge on any atom is -0.410 e. The number of likely N-dealkylation sites (tertiary alicyclic amines) is 1. The molecule has 1 atom stereocenters. The third kappa shape index (κ3) is 6.08. The Kier molecular flexibility index (Phi) is 7.28. The summed E-state index contributed by atoms with van der Waals surface area (Å²) in [6.45, 7) is 5.64. The summed E-state index contributed by atoms with van der Waals surface area (Å²) < 4.78 is 5.45. The number of nitrogens with zero attached hydrogens (tertiary/aromatic N) is 1. The fourth-order valence-corrected chi connectivity index (χ4v) is 3.86. The average Bonchev–Trinajstić information content (AvgIpc) is 2.74. The van der Waals surface area contributed by atoms with Crippen molar-refractivity contribution in [1.29, 1.82) is 0 Å². The Morgan fingerprint density at radius 3 is 2.17 bits per heavy atom. The van der Waals surface area contributed by atoms with Crippen LogP contribution >= 0.6 is 0 Å². The van der Waals surface area contributed by atoms with E-state index in [9.17, 15) is 9.59 Å². The molecule has 0 bridgehead atoms. The van der Waals surface area contributed by atoms with Gasteiger partial charge in [-0.05, 0) is 55.4 Å². The van der Waals surface area contributed by atoms with Crippen LogP contribution < -0.4 is 10.1 Å². The van der Waals surface area contributed by atoms with Gasteiger partial charge in [0.2, 0.25) is 0 Å². The molecule has 0 saturated carbocycles. The van der Waals surface area contributed by atoms with Gasteiger partial charge in [-0.1, -0.05) is 50.2 Å². The number of para-hydroxylation sites is 1. The number of nitrogens with one attached hydrogen (secondary N) is 1. The van der Waals surface area contributed by atoms with Crippen molar-refractivity contribution >= 4 is 12.0 Å². The van der Waals surface area contributed by atoms with Crippen LogP contribution in [0.4, 0.5) is 4.79 Å². The maximum absolute atomic E-state index is 12.7. The van der Waals surface area contributed by atoms with Crippen molar-refractivity contribution in [3.63, 3.8) is 0 Å². The molecular formula is C24H30N2O3. The van der Waals surface area contributed by atoms with Crippen molar-refractivity contribution in [1.82, 2.24) is 10.2 Å². The minimum atomic E-state index is -0.302. The van der Waals surface area contributed by atoms with Crippen LogP contribution in [-0.2, 0) is 0 Å². The Hall–Kier alpha value is -2.82. The Labute approximate surface area is 173 Å². The molecule has 0 spiro atoms. The average molecular weight is 395 g/mol. The summed E-state index contributed by atoms with van der Waals surface area (Å²) in [5.74, 6) is 1.37. The lowest BCUT2D eigenvalue weighted by atomic mass is 9.85. The molecule has 1 saturated heterocycles. The number of rotatable bonds is 6. The summed E-state index contributed by atoms with van der Waals surface area (Å²) in [5.41, 5.74) is 0.685. The topological polar surface area (TPSA) is 58.6 Å². The Bertz CT molecular complexity index is 784. The van der Waals surface area contributed by atoms with Gasteiger partial charge in [0.05, 0.1) is 0 Å². The second-order valence-electron chi connectivity index (χ2n) is 8.08. The molecule has 5 heteroatoms. The fraction of sp³-hybridized carbons (Fsp3) is 0.417. The third-order valence-electron chi connectivity index (χ3n) is 5.39. The minimum absolute atomic E-state index is 0.0258. The molecule has 2 amide bonds. The third-order valence-corrected chi connectivity index (χ3v) is 5.39. The SMILES string of the molecule is CC(C)C[C@@H](NC(=O)c1ccccc1)C1CCN(C(=O)Oc2ccccc2)CC1. The largest absolute Gasteiger partial charge is 0.415 e. The van der Waals surface area contributed by atoms with Crippen LogP contribution in [-0.4, -0.2) is 36.0 Å². The van der Waals surface area contributed by atoms with Crippen LogP contribution in [0.25, 0.3) is 0 Å². The highest BCUT2D eigenvalue weighted by molar-refractivity contribution is 5.94. The smallest absolute Gasteiger partial charge is 0.410 e. The number of hydrogen-bond acceptors (Lipinski definition) is 3. The summed E-state index contributed by atoms with van der Waals surface area (Å²) in [6, 6.07) is 18.6. The molecule has 2 aromatic carbocycles. The lowest BCUT2D eigenvalue weighted by Gasteiger charge is -2.36. The first-order chi connectivity index (χ1) is 14.0. The number of hydrogen-bond donors (Lipinski definition) is 1. The van der Waals surface area contributed by atoms with E-state index in [4.69, 9.17) is 4.74 Å². The molecule has 154 valence electrons. The van der Waals surface area contributed by atoms with E-state index in [1.165, 1.54) is 0 Å². The molecule has 1 aliphatic rings. The number of piperidine rings is 1. The summed E-state index contributed by atoms with van der Waals surface area (Å²) in [5, 5.41) is 3.24. The van der Waals surface area contributed by atoms with Crippen LogP contribution in [0.5, 0.6) is 5.75 Å². The molecule has 0 aromatic heterocycles. The van der Waals surface area contributed by atoms with Crippen molar-refractivity contribution in [2.75, 3.05) is 13.1 Å². The molecular weight excluding hydrogens is 364 g/mol. The maximum atomic E-state index is 12.7. The fourth-order valence-electron chi connectivity index (χ4n) is 3.86. The van der Waals surface area contributed by atoms with Crippen LogP contribution in [0.3, 0.4) is 0 Å². The van der Waals surface area contributed by atoms with Gasteiger partial charge in [0, 0.05) is 24.7 Å². The number of amides is 2. The van der Waals surface area contributed by atoms with Gasteiger partial charge in [0.15, 0.2) is 0 Å². The number of ether oxygens (including phenoxy) is 1. The first-order valence-electron chi connectivity index (χ1n) is 10.4. The lowest BCUT2D eigenvalue weighted by Crippen LogP contribution is -2.47. The van der Waals surface area contributed by atoms with E-state index in [0.29, 0.717) is 36.2 Å². The van der Waals surface area contributed by atoms with Gasteiger partial charge in [-0.3, -0.25) is 4.79 Å². The van der Waals surface area contributed by atoms with Crippen molar-refractivity contribution in [2.24, 2.45) is 11.8 Å². The van der Waals surface area contributed by atoms with Gasteiger partial charge in [0.25, 0.3) is 5.91 Å². The van der Waals surface area contributed by atoms with E-state index in [2.05, 4.69) is 19.2 Å². The molecule has 29 heavy (non-hydrogen) atoms. The van der Waals surface area contributed by atoms with E-state index < -0.39 is 0 Å². The van der Waals surface area contributed by atoms with Crippen LogP contribution in [0.15, 0.2) is 60.7 Å². The van der Waals surface area contributed by atoms with Crippen molar-refractivity contribution in [3.05, 3.63) is 66.2 Å². The number of carbonyl (C=O) groups is 2. The van der Waals surface area contributed by atoms with Crippen LogP contribution in [0, 0.1) is 11.8 Å². The summed E-state index contributed by atoms with van der Waals surface area (Å²) in [7, 11) is 0. The second kappa shape index (κ2) is 10.1. The van der Waals surface area contributed by atoms with Crippen LogP contribution in [0.1, 0.15) is 43.5 Å². The van der Waals surface area contributed by atoms with E-state index in [0.717, 1.165) is 19.3 Å². The van der Waals surface area contributed by atoms with E-state index in [1.807, 2.05) is 48.5 Å². The molecule has 0 unspecified atom stereocenters. The Balaban J connectivity index is 1.56. The van der Waals surface area contributed by atoms with Crippen molar-refractivity contribution in [3.8, 4) is 5.75 Å². The molecule has 3 rings (SSSR count). The second-order valence-corrected chi connectivity index (χ2v) is 8.08. The summed E-state index contributed by atoms with van der Waals surface area (Å²) in [4.78, 5) is 26.8. The highest BCUT2D eigenvalue weighted by Gasteiger charge is 2.30. The molecule has 2 aromatic rings. The van der Waals surface area contributed by atoms with Crippen molar-refractivity contribution in [2.45, 2.75) is 39.2 Å². The highest BCUT2D eigenvalue weighted by Crippen LogP contribution is 2.26. The van der Waals surface area contributed by atoms with Gasteiger partial charge in [-0.25, -0.2) is 4.79 Å². The normalized spacial score (nSPS) is 15.8. The zero-order valence-corrected chi connectivity index (χ0v) is 17.2. The molecule has 0 aliphatic carbocycles. The summed E-state index contributed by atoms with van der Waals surface area (Å²) in [6.07, 6.45) is 2.34. The molecule has 5 nitrogen and oxygen atoms in total. The van der Waals surface area contributed by atoms with Gasteiger partial charge in [0.1, 0.15) is 5.75 Å². The lowest BCUT2D eigenvalue weighted by molar-refractivity contribution is 0.0871. The predicted molar refractivity (Wildman–Crippen MR) is 114 cm³/mol. The van der Waals surface area contributed by atoms with Crippen LogP contribution in [0.2, 0.25) is 0 Å². The monoisotopic (exact) mass is 394 g/mol.